The lowest BCUT2D eigenvalue weighted by Gasteiger charge is -2.31. The summed E-state index contributed by atoms with van der Waals surface area (Å²) in [7, 11) is 6.06. The predicted octanol–water partition coefficient (Wildman–Crippen LogP) is 18.7. The predicted molar refractivity (Wildman–Crippen MR) is 556 cm³/mol. The maximum absolute atomic E-state index is 15.3. The first-order valence-corrected chi connectivity index (χ1v) is 50.2. The number of anilines is 4. The number of aromatic nitrogens is 12. The standard InChI is InChI=1S/C28H26F3N5O4.C28H27F2N5O4.C27H25Cl2N5O3.C25H23Cl2N5O2/c1-15-22(23-18(29)13-19(30)25(38-2)24(23)31)26-32-14-17(28(36(26)34-15)35-8-11-39-12-9-35)27(37)33-20-7-10-40-21-6-4-3-5-16(20)21;1-16-23(18-7-8-20(29)25(37-2)24(18)30)26-31-15-19(28(35(26)33-16)34-10-13-38-14-11-34)27(36)32-21-9-12-39-22-6-4-3-5-17(21)22;1-16-23(18-6-4-7-20(28)24(18)29)25-30-15-19(27(34(25)32-16)33-10-13-36-14-11-33)26(35)31-21-9-12-37-22-8-3-2-5-17(21)22;1-14-21(16-8-6-9-18(26)22(16)27)23-28-13-17(25(31(2)3)32(23)30-14)24(33)29-19-11-12-34-20-10-5-4-7-15(19)20/h3-6,13-14,20H,7-12H2,1-2H3,(H,33,37);3-8,15,21H,9-14H2,1-2H3,(H,32,36);2-8,15,21H,9-14H2,1H3,(H,31,35);4-10,13,19H,11-12H2,1-3H3,(H,29,33)/t20-;2*21-;19-/m0000/s1. The van der Waals surface area contributed by atoms with Crippen molar-refractivity contribution in [3.05, 3.63) is 293 Å². The second-order valence-corrected chi connectivity index (χ2v) is 38.0. The van der Waals surface area contributed by atoms with E-state index in [1.165, 1.54) is 30.1 Å². The van der Waals surface area contributed by atoms with Crippen molar-refractivity contribution < 1.29 is 83.8 Å². The van der Waals surface area contributed by atoms with Crippen molar-refractivity contribution in [2.24, 2.45) is 0 Å². The number of hydrogen-bond acceptors (Lipinski definition) is 25. The van der Waals surface area contributed by atoms with Crippen LogP contribution in [-0.2, 0) is 14.2 Å². The lowest BCUT2D eigenvalue weighted by Crippen LogP contribution is -2.40. The first kappa shape index (κ1) is 102. The third kappa shape index (κ3) is 19.7. The summed E-state index contributed by atoms with van der Waals surface area (Å²) in [4.78, 5) is 81.0. The normalized spacial score (nSPS) is 16.6. The highest BCUT2D eigenvalue weighted by Gasteiger charge is 2.39. The molecule has 15 heterocycles. The number of ether oxygens (including phenoxy) is 9. The fourth-order valence-corrected chi connectivity index (χ4v) is 20.9. The van der Waals surface area contributed by atoms with Crippen LogP contribution in [0.3, 0.4) is 0 Å². The van der Waals surface area contributed by atoms with Gasteiger partial charge in [0.1, 0.15) is 74.3 Å². The number of rotatable bonds is 18. The fraction of sp³-hybridized carbons (Fsp3) is 0.296. The molecule has 16 aromatic rings. The summed E-state index contributed by atoms with van der Waals surface area (Å²) < 4.78 is 130. The average Bonchev–Trinajstić information content (AvgIpc) is 1.60. The van der Waals surface area contributed by atoms with Crippen LogP contribution in [-0.4, -0.2) is 216 Å². The van der Waals surface area contributed by atoms with Gasteiger partial charge in [-0.1, -0.05) is 143 Å². The summed E-state index contributed by atoms with van der Waals surface area (Å²) in [6, 6.07) is 43.9. The van der Waals surface area contributed by atoms with Gasteiger partial charge in [0.2, 0.25) is 0 Å². The molecule has 4 amide bonds. The van der Waals surface area contributed by atoms with Gasteiger partial charge in [-0.25, -0.2) is 41.9 Å². The smallest absolute Gasteiger partial charge is 0.257 e. The topological polar surface area (TPSA) is 333 Å². The molecule has 0 spiro atoms. The zero-order chi connectivity index (χ0) is 105. The van der Waals surface area contributed by atoms with Gasteiger partial charge < -0.3 is 83.5 Å². The highest BCUT2D eigenvalue weighted by molar-refractivity contribution is 6.44. The van der Waals surface area contributed by atoms with Crippen LogP contribution in [0.4, 0.5) is 45.2 Å². The number of morpholine rings is 3. The van der Waals surface area contributed by atoms with Crippen LogP contribution in [0.25, 0.3) is 67.1 Å². The van der Waals surface area contributed by atoms with Crippen LogP contribution in [0.2, 0.25) is 20.1 Å². The Morgan fingerprint density at radius 2 is 0.667 bits per heavy atom. The molecule has 3 saturated heterocycles. The number of fused-ring (bicyclic) bond motifs is 8. The van der Waals surface area contributed by atoms with Crippen molar-refractivity contribution in [2.75, 3.05) is 153 Å². The molecule has 8 aromatic heterocycles. The van der Waals surface area contributed by atoms with E-state index in [9.17, 15) is 28.0 Å². The molecule has 7 aliphatic heterocycles. The summed E-state index contributed by atoms with van der Waals surface area (Å²) in [5, 5.41) is 33.2. The largest absolute Gasteiger partial charge is 0.493 e. The molecule has 3 fully saturated rings. The van der Waals surface area contributed by atoms with E-state index >= 15 is 13.2 Å². The number of carbonyl (C=O) groups excluding carboxylic acids is 4. The van der Waals surface area contributed by atoms with Crippen LogP contribution >= 0.6 is 46.4 Å². The van der Waals surface area contributed by atoms with Crippen LogP contribution in [0.15, 0.2) is 176 Å². The van der Waals surface area contributed by atoms with Crippen molar-refractivity contribution in [1.82, 2.24) is 79.7 Å². The maximum Gasteiger partial charge on any atom is 0.257 e. The van der Waals surface area contributed by atoms with E-state index in [1.807, 2.05) is 164 Å². The molecule has 0 radical (unpaired) electrons. The Labute approximate surface area is 876 Å². The van der Waals surface area contributed by atoms with Crippen molar-refractivity contribution in [3.63, 3.8) is 0 Å². The monoisotopic (exact) mass is 2120 g/mol. The van der Waals surface area contributed by atoms with Crippen molar-refractivity contribution in [3.8, 4) is 79.0 Å². The Morgan fingerprint density at radius 3 is 1.03 bits per heavy atom. The third-order valence-corrected chi connectivity index (χ3v) is 28.7. The Morgan fingerprint density at radius 1 is 0.353 bits per heavy atom. The van der Waals surface area contributed by atoms with Gasteiger partial charge in [-0.2, -0.15) is 38.5 Å². The number of benzene rings is 8. The first-order valence-electron chi connectivity index (χ1n) is 48.7. The molecule has 4 atom stereocenters. The molecule has 8 aromatic carbocycles. The lowest BCUT2D eigenvalue weighted by atomic mass is 10.00. The van der Waals surface area contributed by atoms with Gasteiger partial charge >= 0.3 is 0 Å². The van der Waals surface area contributed by atoms with Gasteiger partial charge in [-0.15, -0.1) is 0 Å². The molecule has 0 saturated carbocycles. The summed E-state index contributed by atoms with van der Waals surface area (Å²) >= 11 is 25.7. The average molecular weight is 2120 g/mol. The number of carbonyl (C=O) groups is 4. The zero-order valence-corrected chi connectivity index (χ0v) is 85.6. The van der Waals surface area contributed by atoms with E-state index in [0.717, 1.165) is 86.3 Å². The summed E-state index contributed by atoms with van der Waals surface area (Å²) in [6.07, 6.45) is 8.67. The number of amides is 4. The summed E-state index contributed by atoms with van der Waals surface area (Å²) in [5.41, 5.74) is 12.1. The minimum absolute atomic E-state index is 0.0353. The van der Waals surface area contributed by atoms with Crippen LogP contribution in [0.5, 0.6) is 34.5 Å². The quantitative estimate of drug-likeness (QED) is 0.0580. The Balaban J connectivity index is 0.000000121. The Bertz CT molecular complexity index is 7940. The third-order valence-electron chi connectivity index (χ3n) is 27.1. The highest BCUT2D eigenvalue weighted by atomic mass is 35.5. The number of halogens is 9. The number of methoxy groups -OCH3 is 2. The Kier molecular flexibility index (Phi) is 29.9. The van der Waals surface area contributed by atoms with E-state index in [-0.39, 0.29) is 75.8 Å². The van der Waals surface area contributed by atoms with E-state index < -0.39 is 46.1 Å². The molecule has 33 nitrogen and oxygen atoms in total. The number of aryl methyl sites for hydroxylation is 4. The molecule has 0 bridgehead atoms. The minimum atomic E-state index is -1.20. The van der Waals surface area contributed by atoms with Crippen molar-refractivity contribution >= 4 is 116 Å². The number of hydrogen-bond donors (Lipinski definition) is 4. The molecular formula is C108H101Cl4F5N20O13. The highest BCUT2D eigenvalue weighted by Crippen LogP contribution is 2.47. The second-order valence-electron chi connectivity index (χ2n) is 36.5. The van der Waals surface area contributed by atoms with E-state index in [0.29, 0.717) is 231 Å². The van der Waals surface area contributed by atoms with Gasteiger partial charge in [0.05, 0.1) is 175 Å². The SMILES string of the molecule is COc1c(F)cc(F)c(-c2c(C)nn3c(N4CCOCC4)c(C(=O)N[C@H]4CCOc5ccccc54)cnc23)c1F.COc1c(F)ccc(-c2c(C)nn3c(N4CCOCC4)c(C(=O)N[C@H]4CCOc5ccccc54)cnc23)c1F.Cc1nn2c(N(C)C)c(C(=O)N[C@H]3CCOc4ccccc43)cnc2c1-c1cccc(Cl)c1Cl.Cc1nn2c(N3CCOCC3)c(C(=O)N[C@H]3CCOc4ccccc43)cnc2c1-c1cccc(Cl)c1Cl. The van der Waals surface area contributed by atoms with Crippen molar-refractivity contribution in [2.45, 2.75) is 77.5 Å². The van der Waals surface area contributed by atoms with Crippen LogP contribution in [0, 0.1) is 56.8 Å². The van der Waals surface area contributed by atoms with Gasteiger partial charge in [-0.05, 0) is 76.2 Å². The first-order chi connectivity index (χ1) is 72.7. The van der Waals surface area contributed by atoms with Gasteiger partial charge in [0.25, 0.3) is 23.6 Å². The molecule has 150 heavy (non-hydrogen) atoms. The minimum Gasteiger partial charge on any atom is -0.493 e. The van der Waals surface area contributed by atoms with Crippen LogP contribution < -0.4 is 69.3 Å². The van der Waals surface area contributed by atoms with Gasteiger partial charge in [0, 0.05) is 149 Å². The second kappa shape index (κ2) is 43.9. The molecule has 42 heteroatoms. The Hall–Kier alpha value is -15.2. The van der Waals surface area contributed by atoms with Gasteiger partial charge in [-0.3, -0.25) is 19.2 Å². The number of nitrogens with zero attached hydrogens (tertiary/aromatic N) is 16. The summed E-state index contributed by atoms with van der Waals surface area (Å²) in [5.74, 6) is -2.15. The van der Waals surface area contributed by atoms with Crippen molar-refractivity contribution in [1.29, 1.82) is 0 Å². The van der Waals surface area contributed by atoms with E-state index in [1.54, 1.807) is 51.9 Å². The van der Waals surface area contributed by atoms with Gasteiger partial charge in [0.15, 0.2) is 57.4 Å². The number of nitrogens with one attached hydrogen (secondary N) is 4. The lowest BCUT2D eigenvalue weighted by molar-refractivity contribution is 0.0914. The summed E-state index contributed by atoms with van der Waals surface area (Å²) in [6.45, 7) is 15.3. The molecule has 7 aliphatic rings. The molecule has 0 unspecified atom stereocenters. The zero-order valence-electron chi connectivity index (χ0n) is 82.6. The van der Waals surface area contributed by atoms with E-state index in [4.69, 9.17) is 104 Å². The van der Waals surface area contributed by atoms with E-state index in [2.05, 4.69) is 51.3 Å². The fourth-order valence-electron chi connectivity index (χ4n) is 20.1. The maximum atomic E-state index is 15.3. The van der Waals surface area contributed by atoms with Crippen LogP contribution in [0.1, 0.15) is 136 Å². The molecular weight excluding hydrogens is 2020 g/mol. The number of para-hydroxylation sites is 4. The molecule has 774 valence electrons. The molecule has 23 rings (SSSR count). The molecule has 0 aliphatic carbocycles. The molecule has 4 N–H and O–H groups in total.